The van der Waals surface area contributed by atoms with Gasteiger partial charge in [-0.2, -0.15) is 0 Å². The first-order valence-electron chi connectivity index (χ1n) is 5.91. The fourth-order valence-corrected chi connectivity index (χ4v) is 2.08. The van der Waals surface area contributed by atoms with Gasteiger partial charge in [-0.25, -0.2) is 0 Å². The normalized spacial score (nSPS) is 16.2. The Labute approximate surface area is 96.5 Å². The number of rotatable bonds is 2. The van der Waals surface area contributed by atoms with Gasteiger partial charge in [0.2, 0.25) is 0 Å². The first-order valence-corrected chi connectivity index (χ1v) is 5.91. The van der Waals surface area contributed by atoms with E-state index in [2.05, 4.69) is 12.2 Å². The highest BCUT2D eigenvalue weighted by molar-refractivity contribution is 5.95. The van der Waals surface area contributed by atoms with Crippen LogP contribution in [0.5, 0.6) is 0 Å². The number of carbonyl (C=O) groups is 1. The fraction of sp³-hybridized carbons (Fsp3) is 0.462. The van der Waals surface area contributed by atoms with Crippen LogP contribution in [-0.2, 0) is 6.42 Å². The van der Waals surface area contributed by atoms with Crippen molar-refractivity contribution in [2.75, 3.05) is 26.2 Å². The minimum Gasteiger partial charge on any atom is -0.336 e. The van der Waals surface area contributed by atoms with E-state index < -0.39 is 0 Å². The highest BCUT2D eigenvalue weighted by atomic mass is 16.2. The van der Waals surface area contributed by atoms with Crippen molar-refractivity contribution < 1.29 is 4.79 Å². The van der Waals surface area contributed by atoms with Gasteiger partial charge in [-0.3, -0.25) is 4.79 Å². The van der Waals surface area contributed by atoms with E-state index in [4.69, 9.17) is 0 Å². The molecular formula is C13H18N2O. The number of nitrogens with zero attached hydrogens (tertiary/aromatic N) is 1. The minimum atomic E-state index is 0.180. The quantitative estimate of drug-likeness (QED) is 0.811. The maximum Gasteiger partial charge on any atom is 0.254 e. The Bertz CT molecular complexity index is 370. The molecule has 1 N–H and O–H groups in total. The number of aryl methyl sites for hydroxylation is 1. The summed E-state index contributed by atoms with van der Waals surface area (Å²) in [5.74, 6) is 0.180. The molecule has 1 aromatic carbocycles. The molecule has 1 aliphatic rings. The molecule has 1 aromatic rings. The Morgan fingerprint density at radius 1 is 1.31 bits per heavy atom. The number of benzene rings is 1. The van der Waals surface area contributed by atoms with E-state index in [-0.39, 0.29) is 5.91 Å². The third-order valence-corrected chi connectivity index (χ3v) is 3.03. The molecule has 0 spiro atoms. The number of nitrogens with one attached hydrogen (secondary N) is 1. The molecule has 3 heteroatoms. The predicted molar refractivity (Wildman–Crippen MR) is 64.6 cm³/mol. The van der Waals surface area contributed by atoms with Crippen molar-refractivity contribution in [1.82, 2.24) is 10.2 Å². The smallest absolute Gasteiger partial charge is 0.254 e. The summed E-state index contributed by atoms with van der Waals surface area (Å²) in [6.07, 6.45) is 0.911. The number of amides is 1. The second kappa shape index (κ2) is 5.12. The molecule has 1 aliphatic heterocycles. The summed E-state index contributed by atoms with van der Waals surface area (Å²) in [6, 6.07) is 7.90. The molecule has 1 saturated heterocycles. The number of carbonyl (C=O) groups excluding carboxylic acids is 1. The van der Waals surface area contributed by atoms with E-state index in [0.29, 0.717) is 0 Å². The summed E-state index contributed by atoms with van der Waals surface area (Å²) in [6.45, 7) is 5.53. The van der Waals surface area contributed by atoms with Gasteiger partial charge >= 0.3 is 0 Å². The van der Waals surface area contributed by atoms with E-state index >= 15 is 0 Å². The molecule has 86 valence electrons. The van der Waals surface area contributed by atoms with Crippen LogP contribution < -0.4 is 5.32 Å². The van der Waals surface area contributed by atoms with Crippen LogP contribution in [0.1, 0.15) is 22.8 Å². The molecule has 0 unspecified atom stereocenters. The molecule has 1 fully saturated rings. The number of hydrogen-bond acceptors (Lipinski definition) is 2. The summed E-state index contributed by atoms with van der Waals surface area (Å²) in [7, 11) is 0. The zero-order chi connectivity index (χ0) is 11.4. The zero-order valence-electron chi connectivity index (χ0n) is 9.70. The topological polar surface area (TPSA) is 32.3 Å². The SMILES string of the molecule is CCc1ccccc1C(=O)N1CCNCC1. The van der Waals surface area contributed by atoms with Crippen molar-refractivity contribution in [2.24, 2.45) is 0 Å². The van der Waals surface area contributed by atoms with Crippen molar-refractivity contribution in [2.45, 2.75) is 13.3 Å². The monoisotopic (exact) mass is 218 g/mol. The van der Waals surface area contributed by atoms with E-state index in [1.165, 1.54) is 0 Å². The number of hydrogen-bond donors (Lipinski definition) is 1. The Morgan fingerprint density at radius 3 is 2.69 bits per heavy atom. The second-order valence-corrected chi connectivity index (χ2v) is 4.05. The summed E-state index contributed by atoms with van der Waals surface area (Å²) in [4.78, 5) is 14.2. The fourth-order valence-electron chi connectivity index (χ4n) is 2.08. The van der Waals surface area contributed by atoms with Gasteiger partial charge in [-0.05, 0) is 18.1 Å². The Balaban J connectivity index is 2.19. The number of piperazine rings is 1. The summed E-state index contributed by atoms with van der Waals surface area (Å²) in [5.41, 5.74) is 2.01. The van der Waals surface area contributed by atoms with Crippen LogP contribution in [-0.4, -0.2) is 37.0 Å². The van der Waals surface area contributed by atoms with Gasteiger partial charge in [0, 0.05) is 31.7 Å². The van der Waals surface area contributed by atoms with Gasteiger partial charge in [-0.1, -0.05) is 25.1 Å². The lowest BCUT2D eigenvalue weighted by molar-refractivity contribution is 0.0735. The summed E-state index contributed by atoms with van der Waals surface area (Å²) >= 11 is 0. The molecule has 3 nitrogen and oxygen atoms in total. The lowest BCUT2D eigenvalue weighted by Crippen LogP contribution is -2.46. The van der Waals surface area contributed by atoms with Crippen molar-refractivity contribution in [3.05, 3.63) is 35.4 Å². The largest absolute Gasteiger partial charge is 0.336 e. The van der Waals surface area contributed by atoms with E-state index in [9.17, 15) is 4.79 Å². The van der Waals surface area contributed by atoms with Crippen molar-refractivity contribution >= 4 is 5.91 Å². The van der Waals surface area contributed by atoms with Crippen molar-refractivity contribution in [1.29, 1.82) is 0 Å². The van der Waals surface area contributed by atoms with Crippen LogP contribution in [0.2, 0.25) is 0 Å². The van der Waals surface area contributed by atoms with Gasteiger partial charge in [0.25, 0.3) is 5.91 Å². The first-order chi connectivity index (χ1) is 7.83. The molecule has 2 rings (SSSR count). The van der Waals surface area contributed by atoms with Crippen molar-refractivity contribution in [3.63, 3.8) is 0 Å². The highest BCUT2D eigenvalue weighted by Crippen LogP contribution is 2.12. The third-order valence-electron chi connectivity index (χ3n) is 3.03. The van der Waals surface area contributed by atoms with Crippen LogP contribution in [0.4, 0.5) is 0 Å². The van der Waals surface area contributed by atoms with Crippen molar-refractivity contribution in [3.8, 4) is 0 Å². The first kappa shape index (κ1) is 11.1. The average Bonchev–Trinajstić information content (AvgIpc) is 2.39. The third kappa shape index (κ3) is 2.25. The minimum absolute atomic E-state index is 0.180. The van der Waals surface area contributed by atoms with Gasteiger partial charge in [0.15, 0.2) is 0 Å². The van der Waals surface area contributed by atoms with E-state index in [0.717, 1.165) is 43.7 Å². The van der Waals surface area contributed by atoms with Crippen LogP contribution >= 0.6 is 0 Å². The molecule has 1 amide bonds. The van der Waals surface area contributed by atoms with Gasteiger partial charge < -0.3 is 10.2 Å². The standard InChI is InChI=1S/C13H18N2O/c1-2-11-5-3-4-6-12(11)13(16)15-9-7-14-8-10-15/h3-6,14H,2,7-10H2,1H3. The molecule has 0 radical (unpaired) electrons. The zero-order valence-corrected chi connectivity index (χ0v) is 9.70. The summed E-state index contributed by atoms with van der Waals surface area (Å²) in [5, 5.41) is 3.26. The molecule has 0 atom stereocenters. The Kier molecular flexibility index (Phi) is 3.57. The molecular weight excluding hydrogens is 200 g/mol. The molecule has 0 bridgehead atoms. The van der Waals surface area contributed by atoms with E-state index in [1.54, 1.807) is 0 Å². The van der Waals surface area contributed by atoms with Gasteiger partial charge in [0.1, 0.15) is 0 Å². The van der Waals surface area contributed by atoms with Gasteiger partial charge in [0.05, 0.1) is 0 Å². The maximum absolute atomic E-state index is 12.3. The lowest BCUT2D eigenvalue weighted by atomic mass is 10.0. The molecule has 0 aliphatic carbocycles. The predicted octanol–water partition coefficient (Wildman–Crippen LogP) is 1.29. The Hall–Kier alpha value is -1.35. The van der Waals surface area contributed by atoms with Crippen LogP contribution in [0.25, 0.3) is 0 Å². The van der Waals surface area contributed by atoms with Crippen LogP contribution in [0, 0.1) is 0 Å². The molecule has 0 saturated carbocycles. The van der Waals surface area contributed by atoms with Crippen LogP contribution in [0.3, 0.4) is 0 Å². The Morgan fingerprint density at radius 2 is 2.00 bits per heavy atom. The molecule has 0 aromatic heterocycles. The van der Waals surface area contributed by atoms with E-state index in [1.807, 2.05) is 29.2 Å². The van der Waals surface area contributed by atoms with Crippen LogP contribution in [0.15, 0.2) is 24.3 Å². The average molecular weight is 218 g/mol. The lowest BCUT2D eigenvalue weighted by Gasteiger charge is -2.28. The highest BCUT2D eigenvalue weighted by Gasteiger charge is 2.19. The molecule has 16 heavy (non-hydrogen) atoms. The maximum atomic E-state index is 12.3. The molecule has 1 heterocycles. The van der Waals surface area contributed by atoms with Gasteiger partial charge in [-0.15, -0.1) is 0 Å². The summed E-state index contributed by atoms with van der Waals surface area (Å²) < 4.78 is 0. The second-order valence-electron chi connectivity index (χ2n) is 4.05.